The van der Waals surface area contributed by atoms with Crippen LogP contribution in [0.25, 0.3) is 0 Å². The van der Waals surface area contributed by atoms with Gasteiger partial charge in [-0.15, -0.1) is 0 Å². The molecule has 1 aromatic rings. The zero-order valence-electron chi connectivity index (χ0n) is 11.3. The number of aromatic nitrogens is 2. The molecule has 0 spiro atoms. The topological polar surface area (TPSA) is 38.3 Å². The molecule has 17 heavy (non-hydrogen) atoms. The first-order valence-corrected chi connectivity index (χ1v) is 6.52. The van der Waals surface area contributed by atoms with E-state index in [0.717, 1.165) is 24.4 Å². The van der Waals surface area contributed by atoms with Crippen LogP contribution in [0, 0.1) is 13.8 Å². The van der Waals surface area contributed by atoms with Gasteiger partial charge in [-0.2, -0.15) is 0 Å². The molecular weight excluding hydrogens is 216 g/mol. The van der Waals surface area contributed by atoms with Crippen molar-refractivity contribution >= 4 is 0 Å². The van der Waals surface area contributed by atoms with E-state index in [1.165, 1.54) is 19.3 Å². The lowest BCUT2D eigenvalue weighted by molar-refractivity contribution is -0.704. The first-order chi connectivity index (χ1) is 8.20. The molecule has 98 valence electrons. The molecule has 0 aliphatic carbocycles. The maximum Gasteiger partial charge on any atom is 0.284 e. The van der Waals surface area contributed by atoms with E-state index in [1.54, 1.807) is 0 Å². The van der Waals surface area contributed by atoms with Gasteiger partial charge in [0.1, 0.15) is 18.8 Å². The predicted octanol–water partition coefficient (Wildman–Crippen LogP) is 1.39. The average Bonchev–Trinajstić information content (AvgIpc) is 2.58. The Kier molecular flexibility index (Phi) is 6.05. The summed E-state index contributed by atoms with van der Waals surface area (Å²) in [6, 6.07) is 0. The molecule has 0 aliphatic rings. The first kappa shape index (κ1) is 14.0. The molecule has 1 heterocycles. The van der Waals surface area contributed by atoms with Crippen LogP contribution in [0.2, 0.25) is 0 Å². The number of unbranched alkanes of at least 4 members (excludes halogenated alkanes) is 3. The highest BCUT2D eigenvalue weighted by Crippen LogP contribution is 2.02. The number of hydrogen-bond donors (Lipinski definition) is 1. The second-order valence-electron chi connectivity index (χ2n) is 4.42. The minimum atomic E-state index is 0.158. The van der Waals surface area contributed by atoms with E-state index < -0.39 is 0 Å². The van der Waals surface area contributed by atoms with Crippen LogP contribution in [0.3, 0.4) is 0 Å². The van der Waals surface area contributed by atoms with E-state index in [4.69, 9.17) is 9.94 Å². The summed E-state index contributed by atoms with van der Waals surface area (Å²) in [6.07, 6.45) is 6.77. The van der Waals surface area contributed by atoms with Crippen molar-refractivity contribution in [2.75, 3.05) is 13.2 Å². The third-order valence-corrected chi connectivity index (χ3v) is 3.10. The largest absolute Gasteiger partial charge is 0.392 e. The summed E-state index contributed by atoms with van der Waals surface area (Å²) in [5, 5.41) is 8.95. The summed E-state index contributed by atoms with van der Waals surface area (Å²) >= 11 is 0. The van der Waals surface area contributed by atoms with Crippen molar-refractivity contribution in [1.82, 2.24) is 4.73 Å². The first-order valence-electron chi connectivity index (χ1n) is 6.52. The van der Waals surface area contributed by atoms with Crippen molar-refractivity contribution < 1.29 is 14.5 Å². The maximum atomic E-state index is 8.95. The summed E-state index contributed by atoms with van der Waals surface area (Å²) in [5.41, 5.74) is 2.25. The molecule has 1 N–H and O–H groups in total. The van der Waals surface area contributed by atoms with Gasteiger partial charge in [0.25, 0.3) is 6.33 Å². The van der Waals surface area contributed by atoms with Crippen molar-refractivity contribution in [2.45, 2.75) is 53.0 Å². The molecule has 0 aliphatic heterocycles. The SMILES string of the molecule is CCCCCCOn1c[n+](CCO)c(C)c1C. The molecule has 0 bridgehead atoms. The van der Waals surface area contributed by atoms with Gasteiger partial charge in [-0.3, -0.25) is 0 Å². The lowest BCUT2D eigenvalue weighted by atomic mass is 10.2. The summed E-state index contributed by atoms with van der Waals surface area (Å²) < 4.78 is 3.83. The van der Waals surface area contributed by atoms with E-state index in [1.807, 2.05) is 29.5 Å². The fourth-order valence-corrected chi connectivity index (χ4v) is 1.82. The van der Waals surface area contributed by atoms with Crippen LogP contribution in [0.5, 0.6) is 0 Å². The number of rotatable bonds is 8. The van der Waals surface area contributed by atoms with Crippen molar-refractivity contribution in [1.29, 1.82) is 0 Å². The number of aliphatic hydroxyl groups excluding tert-OH is 1. The van der Waals surface area contributed by atoms with Crippen LogP contribution >= 0.6 is 0 Å². The second-order valence-corrected chi connectivity index (χ2v) is 4.42. The molecule has 0 radical (unpaired) electrons. The molecule has 0 aromatic carbocycles. The van der Waals surface area contributed by atoms with Crippen LogP contribution in [0.4, 0.5) is 0 Å². The Balaban J connectivity index is 2.45. The molecule has 0 amide bonds. The number of aliphatic hydroxyl groups is 1. The molecule has 1 rings (SSSR count). The Hall–Kier alpha value is -1.03. The van der Waals surface area contributed by atoms with Gasteiger partial charge in [0.05, 0.1) is 6.61 Å². The molecule has 0 fully saturated rings. The zero-order valence-corrected chi connectivity index (χ0v) is 11.3. The van der Waals surface area contributed by atoms with Crippen LogP contribution in [-0.2, 0) is 6.54 Å². The van der Waals surface area contributed by atoms with Gasteiger partial charge in [-0.05, 0) is 17.6 Å². The third-order valence-electron chi connectivity index (χ3n) is 3.10. The quantitative estimate of drug-likeness (QED) is 0.552. The number of nitrogens with zero attached hydrogens (tertiary/aromatic N) is 2. The fourth-order valence-electron chi connectivity index (χ4n) is 1.82. The van der Waals surface area contributed by atoms with E-state index in [0.29, 0.717) is 6.54 Å². The van der Waals surface area contributed by atoms with Crippen molar-refractivity contribution in [2.24, 2.45) is 0 Å². The normalized spacial score (nSPS) is 10.8. The van der Waals surface area contributed by atoms with Gasteiger partial charge in [-0.25, -0.2) is 4.57 Å². The monoisotopic (exact) mass is 241 g/mol. The Labute approximate surface area is 104 Å². The molecular formula is C13H25N2O2+. The smallest absolute Gasteiger partial charge is 0.284 e. The van der Waals surface area contributed by atoms with Crippen LogP contribution < -0.4 is 9.40 Å². The van der Waals surface area contributed by atoms with Crippen LogP contribution in [-0.4, -0.2) is 23.1 Å². The van der Waals surface area contributed by atoms with Gasteiger partial charge < -0.3 is 9.94 Å². The Morgan fingerprint density at radius 2 is 2.06 bits per heavy atom. The highest BCUT2D eigenvalue weighted by Gasteiger charge is 2.16. The van der Waals surface area contributed by atoms with Gasteiger partial charge in [0.2, 0.25) is 0 Å². The standard InChI is InChI=1S/C13H25N2O2/c1-4-5-6-7-10-17-15-11-14(8-9-16)12(2)13(15)3/h11,16H,4-10H2,1-3H3/q+1. The Bertz CT molecular complexity index is 334. The zero-order chi connectivity index (χ0) is 12.7. The van der Waals surface area contributed by atoms with Crippen molar-refractivity contribution in [3.8, 4) is 0 Å². The molecule has 0 atom stereocenters. The van der Waals surface area contributed by atoms with Gasteiger partial charge in [-0.1, -0.05) is 19.8 Å². The van der Waals surface area contributed by atoms with Crippen molar-refractivity contribution in [3.63, 3.8) is 0 Å². The number of hydrogen-bond acceptors (Lipinski definition) is 2. The highest BCUT2D eigenvalue weighted by atomic mass is 16.7. The predicted molar refractivity (Wildman–Crippen MR) is 66.8 cm³/mol. The van der Waals surface area contributed by atoms with Gasteiger partial charge in [0, 0.05) is 13.8 Å². The van der Waals surface area contributed by atoms with Crippen LogP contribution in [0.15, 0.2) is 6.33 Å². The summed E-state index contributed by atoms with van der Waals surface area (Å²) in [5.74, 6) is 0. The highest BCUT2D eigenvalue weighted by molar-refractivity contribution is 5.00. The average molecular weight is 241 g/mol. The van der Waals surface area contributed by atoms with Gasteiger partial charge >= 0.3 is 0 Å². The maximum absolute atomic E-state index is 8.95. The Morgan fingerprint density at radius 3 is 2.71 bits per heavy atom. The number of imidazole rings is 1. The minimum absolute atomic E-state index is 0.158. The molecule has 0 saturated carbocycles. The van der Waals surface area contributed by atoms with E-state index in [9.17, 15) is 0 Å². The lowest BCUT2D eigenvalue weighted by Gasteiger charge is -2.00. The molecule has 0 unspecified atom stereocenters. The lowest BCUT2D eigenvalue weighted by Crippen LogP contribution is -2.36. The molecule has 0 saturated heterocycles. The molecule has 4 nitrogen and oxygen atoms in total. The van der Waals surface area contributed by atoms with E-state index in [-0.39, 0.29) is 6.61 Å². The summed E-state index contributed by atoms with van der Waals surface area (Å²) in [7, 11) is 0. The summed E-state index contributed by atoms with van der Waals surface area (Å²) in [6.45, 7) is 7.83. The van der Waals surface area contributed by atoms with Gasteiger partial charge in [0.15, 0.2) is 5.69 Å². The van der Waals surface area contributed by atoms with E-state index >= 15 is 0 Å². The van der Waals surface area contributed by atoms with E-state index in [2.05, 4.69) is 6.92 Å². The van der Waals surface area contributed by atoms with Crippen LogP contribution in [0.1, 0.15) is 44.0 Å². The minimum Gasteiger partial charge on any atom is -0.392 e. The van der Waals surface area contributed by atoms with Crippen molar-refractivity contribution in [3.05, 3.63) is 17.7 Å². The second kappa shape index (κ2) is 7.33. The molecule has 4 heteroatoms. The fraction of sp³-hybridized carbons (Fsp3) is 0.769. The molecule has 1 aromatic heterocycles. The third kappa shape index (κ3) is 4.04. The summed E-state index contributed by atoms with van der Waals surface area (Å²) in [4.78, 5) is 5.71. The Morgan fingerprint density at radius 1 is 1.29 bits per heavy atom.